The van der Waals surface area contributed by atoms with Crippen molar-refractivity contribution in [2.45, 2.75) is 26.4 Å². The summed E-state index contributed by atoms with van der Waals surface area (Å²) in [6, 6.07) is 17.6. The molecule has 186 valence electrons. The monoisotopic (exact) mass is 514 g/mol. The standard InChI is InChI=1S/C26H31ClN4O3S/c1-3-17-35(32,33)31-15-13-30(14-16-31)26-23(18-20-9-11-22(27)12-10-20)24(19-34-2)28-25(29-26)21-7-5-4-6-8-21/h4-12H,3,13-19H2,1-2H3. The molecule has 1 aromatic heterocycles. The molecule has 4 rings (SSSR count). The minimum atomic E-state index is -3.23. The van der Waals surface area contributed by atoms with Crippen LogP contribution in [-0.2, 0) is 27.8 Å². The minimum Gasteiger partial charge on any atom is -0.378 e. The highest BCUT2D eigenvalue weighted by Gasteiger charge is 2.29. The Bertz CT molecular complexity index is 1230. The first-order valence-corrected chi connectivity index (χ1v) is 13.8. The van der Waals surface area contributed by atoms with E-state index < -0.39 is 10.0 Å². The lowest BCUT2D eigenvalue weighted by molar-refractivity contribution is 0.180. The molecule has 1 fully saturated rings. The van der Waals surface area contributed by atoms with E-state index in [0.717, 1.165) is 28.2 Å². The van der Waals surface area contributed by atoms with Gasteiger partial charge in [-0.15, -0.1) is 0 Å². The number of nitrogens with zero attached hydrogens (tertiary/aromatic N) is 4. The van der Waals surface area contributed by atoms with E-state index in [1.54, 1.807) is 11.4 Å². The number of methoxy groups -OCH3 is 1. The first-order chi connectivity index (χ1) is 16.9. The first kappa shape index (κ1) is 25.6. The van der Waals surface area contributed by atoms with Gasteiger partial charge in [-0.1, -0.05) is 61.0 Å². The van der Waals surface area contributed by atoms with Crippen molar-refractivity contribution in [1.82, 2.24) is 14.3 Å². The van der Waals surface area contributed by atoms with Crippen LogP contribution in [0.2, 0.25) is 5.02 Å². The van der Waals surface area contributed by atoms with Gasteiger partial charge in [0.25, 0.3) is 0 Å². The van der Waals surface area contributed by atoms with Crippen molar-refractivity contribution in [3.05, 3.63) is 76.4 Å². The van der Waals surface area contributed by atoms with Crippen molar-refractivity contribution in [3.63, 3.8) is 0 Å². The molecule has 2 aromatic carbocycles. The number of anilines is 1. The van der Waals surface area contributed by atoms with Crippen molar-refractivity contribution >= 4 is 27.4 Å². The van der Waals surface area contributed by atoms with Gasteiger partial charge in [-0.05, 0) is 24.1 Å². The van der Waals surface area contributed by atoms with E-state index in [9.17, 15) is 8.42 Å². The van der Waals surface area contributed by atoms with Gasteiger partial charge in [0, 0.05) is 55.9 Å². The lowest BCUT2D eigenvalue weighted by Gasteiger charge is -2.36. The third-order valence-electron chi connectivity index (χ3n) is 6.07. The lowest BCUT2D eigenvalue weighted by atomic mass is 10.0. The van der Waals surface area contributed by atoms with Gasteiger partial charge < -0.3 is 9.64 Å². The van der Waals surface area contributed by atoms with Crippen LogP contribution in [0.3, 0.4) is 0 Å². The summed E-state index contributed by atoms with van der Waals surface area (Å²) in [6.45, 7) is 4.24. The van der Waals surface area contributed by atoms with Crippen LogP contribution in [0.1, 0.15) is 30.2 Å². The highest BCUT2D eigenvalue weighted by Crippen LogP contribution is 2.29. The zero-order valence-electron chi connectivity index (χ0n) is 20.2. The van der Waals surface area contributed by atoms with Gasteiger partial charge in [0.1, 0.15) is 5.82 Å². The summed E-state index contributed by atoms with van der Waals surface area (Å²) in [5.74, 6) is 1.64. The summed E-state index contributed by atoms with van der Waals surface area (Å²) in [5.41, 5.74) is 3.83. The lowest BCUT2D eigenvalue weighted by Crippen LogP contribution is -2.49. The van der Waals surface area contributed by atoms with Crippen LogP contribution in [0, 0.1) is 0 Å². The first-order valence-electron chi connectivity index (χ1n) is 11.8. The minimum absolute atomic E-state index is 0.179. The number of rotatable bonds is 9. The zero-order valence-corrected chi connectivity index (χ0v) is 21.7. The fraction of sp³-hybridized carbons (Fsp3) is 0.385. The Morgan fingerprint density at radius 3 is 2.29 bits per heavy atom. The van der Waals surface area contributed by atoms with Crippen LogP contribution in [-0.4, -0.2) is 61.7 Å². The molecule has 0 unspecified atom stereocenters. The maximum absolute atomic E-state index is 12.6. The molecule has 0 saturated carbocycles. The molecule has 1 aliphatic heterocycles. The largest absolute Gasteiger partial charge is 0.378 e. The molecule has 0 spiro atoms. The second kappa shape index (κ2) is 11.5. The molecule has 9 heteroatoms. The van der Waals surface area contributed by atoms with Crippen molar-refractivity contribution in [1.29, 1.82) is 0 Å². The van der Waals surface area contributed by atoms with Gasteiger partial charge >= 0.3 is 0 Å². The van der Waals surface area contributed by atoms with Crippen LogP contribution < -0.4 is 4.90 Å². The molecule has 0 bridgehead atoms. The zero-order chi connectivity index (χ0) is 24.8. The van der Waals surface area contributed by atoms with E-state index in [4.69, 9.17) is 26.3 Å². The van der Waals surface area contributed by atoms with Crippen molar-refractivity contribution in [2.75, 3.05) is 43.9 Å². The second-order valence-corrected chi connectivity index (χ2v) is 11.1. The third kappa shape index (κ3) is 6.19. The predicted octanol–water partition coefficient (Wildman–Crippen LogP) is 4.40. The van der Waals surface area contributed by atoms with Crippen molar-refractivity contribution in [2.24, 2.45) is 0 Å². The number of hydrogen-bond acceptors (Lipinski definition) is 6. The van der Waals surface area contributed by atoms with Gasteiger partial charge in [0.05, 0.1) is 18.1 Å². The van der Waals surface area contributed by atoms with Gasteiger partial charge in [-0.3, -0.25) is 0 Å². The summed E-state index contributed by atoms with van der Waals surface area (Å²) in [5, 5.41) is 0.686. The fourth-order valence-corrected chi connectivity index (χ4v) is 5.92. The molecule has 35 heavy (non-hydrogen) atoms. The Morgan fingerprint density at radius 2 is 1.66 bits per heavy atom. The SMILES string of the molecule is CCCS(=O)(=O)N1CCN(c2nc(-c3ccccc3)nc(COC)c2Cc2ccc(Cl)cc2)CC1. The van der Waals surface area contributed by atoms with E-state index in [2.05, 4.69) is 4.90 Å². The summed E-state index contributed by atoms with van der Waals surface area (Å²) >= 11 is 6.10. The molecule has 0 atom stereocenters. The smallest absolute Gasteiger partial charge is 0.214 e. The molecule has 0 radical (unpaired) electrons. The van der Waals surface area contributed by atoms with E-state index in [1.165, 1.54) is 0 Å². The maximum Gasteiger partial charge on any atom is 0.214 e. The normalized spacial score (nSPS) is 14.9. The average Bonchev–Trinajstić information content (AvgIpc) is 2.87. The number of ether oxygens (including phenoxy) is 1. The highest BCUT2D eigenvalue weighted by atomic mass is 35.5. The second-order valence-electron chi connectivity index (χ2n) is 8.60. The number of halogens is 1. The van der Waals surface area contributed by atoms with Crippen LogP contribution in [0.5, 0.6) is 0 Å². The number of aromatic nitrogens is 2. The number of piperazine rings is 1. The Hall–Kier alpha value is -2.52. The van der Waals surface area contributed by atoms with Crippen LogP contribution in [0.25, 0.3) is 11.4 Å². The van der Waals surface area contributed by atoms with Gasteiger partial charge in [0.15, 0.2) is 5.82 Å². The Morgan fingerprint density at radius 1 is 0.971 bits per heavy atom. The van der Waals surface area contributed by atoms with Gasteiger partial charge in [0.2, 0.25) is 10.0 Å². The summed E-state index contributed by atoms with van der Waals surface area (Å²) in [7, 11) is -1.57. The molecular formula is C26H31ClN4O3S. The molecule has 0 aliphatic carbocycles. The Labute approximate surface area is 212 Å². The van der Waals surface area contributed by atoms with Crippen molar-refractivity contribution < 1.29 is 13.2 Å². The quantitative estimate of drug-likeness (QED) is 0.421. The van der Waals surface area contributed by atoms with E-state index in [1.807, 2.05) is 61.5 Å². The Balaban J connectivity index is 1.74. The predicted molar refractivity (Wildman–Crippen MR) is 140 cm³/mol. The highest BCUT2D eigenvalue weighted by molar-refractivity contribution is 7.89. The fourth-order valence-electron chi connectivity index (χ4n) is 4.30. The molecular weight excluding hydrogens is 484 g/mol. The van der Waals surface area contributed by atoms with Crippen LogP contribution in [0.4, 0.5) is 5.82 Å². The molecule has 1 saturated heterocycles. The van der Waals surface area contributed by atoms with Crippen molar-refractivity contribution in [3.8, 4) is 11.4 Å². The van der Waals surface area contributed by atoms with E-state index in [-0.39, 0.29) is 5.75 Å². The van der Waals surface area contributed by atoms with Crippen LogP contribution in [0.15, 0.2) is 54.6 Å². The van der Waals surface area contributed by atoms with Gasteiger partial charge in [-0.2, -0.15) is 4.31 Å². The van der Waals surface area contributed by atoms with Crippen LogP contribution >= 0.6 is 11.6 Å². The molecule has 7 nitrogen and oxygen atoms in total. The molecule has 0 N–H and O–H groups in total. The summed E-state index contributed by atoms with van der Waals surface area (Å²) in [6.07, 6.45) is 1.23. The Kier molecular flexibility index (Phi) is 8.38. The number of sulfonamides is 1. The molecule has 2 heterocycles. The maximum atomic E-state index is 12.6. The summed E-state index contributed by atoms with van der Waals surface area (Å²) in [4.78, 5) is 12.1. The number of hydrogen-bond donors (Lipinski definition) is 0. The van der Waals surface area contributed by atoms with E-state index in [0.29, 0.717) is 56.5 Å². The molecule has 3 aromatic rings. The summed E-state index contributed by atoms with van der Waals surface area (Å²) < 4.78 is 32.3. The third-order valence-corrected chi connectivity index (χ3v) is 8.40. The van der Waals surface area contributed by atoms with Gasteiger partial charge in [-0.25, -0.2) is 18.4 Å². The average molecular weight is 515 g/mol. The molecule has 0 amide bonds. The topological polar surface area (TPSA) is 75.6 Å². The number of benzene rings is 2. The van der Waals surface area contributed by atoms with E-state index >= 15 is 0 Å². The molecule has 1 aliphatic rings.